The standard InChI is InChI=1S/C12H10BrClN2O3S2/c1-6-5-20-11(10(6)14)12(17)16-9-3-2-7(4-8(9)13)21(15,18)19/h2-5H,1H3,(H,16,17)(H2,15,18,19). The highest BCUT2D eigenvalue weighted by Crippen LogP contribution is 2.30. The fourth-order valence-electron chi connectivity index (χ4n) is 1.54. The average Bonchev–Trinajstić information content (AvgIpc) is 2.71. The first-order valence-electron chi connectivity index (χ1n) is 5.57. The summed E-state index contributed by atoms with van der Waals surface area (Å²) in [4.78, 5) is 12.5. The first-order chi connectivity index (χ1) is 9.70. The molecule has 112 valence electrons. The molecule has 0 saturated carbocycles. The summed E-state index contributed by atoms with van der Waals surface area (Å²) in [5.41, 5.74) is 1.25. The summed E-state index contributed by atoms with van der Waals surface area (Å²) in [6.07, 6.45) is 0. The molecule has 3 N–H and O–H groups in total. The summed E-state index contributed by atoms with van der Waals surface area (Å²) < 4.78 is 22.9. The lowest BCUT2D eigenvalue weighted by molar-refractivity contribution is 0.103. The summed E-state index contributed by atoms with van der Waals surface area (Å²) in [6, 6.07) is 4.10. The van der Waals surface area contributed by atoms with E-state index >= 15 is 0 Å². The van der Waals surface area contributed by atoms with E-state index in [1.807, 2.05) is 6.92 Å². The molecule has 0 unspecified atom stereocenters. The second-order valence-electron chi connectivity index (χ2n) is 4.20. The average molecular weight is 410 g/mol. The summed E-state index contributed by atoms with van der Waals surface area (Å²) in [5.74, 6) is -0.359. The van der Waals surface area contributed by atoms with Crippen molar-refractivity contribution in [2.45, 2.75) is 11.8 Å². The topological polar surface area (TPSA) is 89.3 Å². The smallest absolute Gasteiger partial charge is 0.267 e. The Bertz CT molecular complexity index is 818. The summed E-state index contributed by atoms with van der Waals surface area (Å²) >= 11 is 10.5. The van der Waals surface area contributed by atoms with Crippen LogP contribution in [0.25, 0.3) is 0 Å². The molecule has 0 aliphatic carbocycles. The molecular formula is C12H10BrClN2O3S2. The monoisotopic (exact) mass is 408 g/mol. The van der Waals surface area contributed by atoms with Gasteiger partial charge in [-0.05, 0) is 52.0 Å². The van der Waals surface area contributed by atoms with Gasteiger partial charge in [-0.15, -0.1) is 11.3 Å². The number of carbonyl (C=O) groups is 1. The Hall–Kier alpha value is -0.930. The molecule has 0 saturated heterocycles. The van der Waals surface area contributed by atoms with Gasteiger partial charge in [0, 0.05) is 4.47 Å². The maximum absolute atomic E-state index is 12.1. The highest BCUT2D eigenvalue weighted by Gasteiger charge is 2.17. The zero-order chi connectivity index (χ0) is 15.8. The number of hydrogen-bond acceptors (Lipinski definition) is 4. The minimum Gasteiger partial charge on any atom is -0.320 e. The van der Waals surface area contributed by atoms with Crippen LogP contribution < -0.4 is 10.5 Å². The van der Waals surface area contributed by atoms with Crippen molar-refractivity contribution in [2.75, 3.05) is 5.32 Å². The van der Waals surface area contributed by atoms with Crippen LogP contribution in [0.2, 0.25) is 5.02 Å². The van der Waals surface area contributed by atoms with E-state index in [1.54, 1.807) is 5.38 Å². The first-order valence-corrected chi connectivity index (χ1v) is 9.17. The highest BCUT2D eigenvalue weighted by atomic mass is 79.9. The molecule has 0 spiro atoms. The van der Waals surface area contributed by atoms with Gasteiger partial charge in [-0.25, -0.2) is 13.6 Å². The molecule has 21 heavy (non-hydrogen) atoms. The molecule has 0 atom stereocenters. The van der Waals surface area contributed by atoms with Crippen LogP contribution in [0.3, 0.4) is 0 Å². The second-order valence-corrected chi connectivity index (χ2v) is 7.88. The minimum absolute atomic E-state index is 0.0441. The van der Waals surface area contributed by atoms with Crippen LogP contribution >= 0.6 is 38.9 Å². The lowest BCUT2D eigenvalue weighted by atomic mass is 10.3. The number of hydrogen-bond donors (Lipinski definition) is 2. The van der Waals surface area contributed by atoms with Crippen LogP contribution in [0.1, 0.15) is 15.2 Å². The van der Waals surface area contributed by atoms with E-state index in [4.69, 9.17) is 16.7 Å². The van der Waals surface area contributed by atoms with E-state index in [-0.39, 0.29) is 10.8 Å². The molecule has 0 aliphatic heterocycles. The summed E-state index contributed by atoms with van der Waals surface area (Å²) in [5, 5.41) is 9.90. The van der Waals surface area contributed by atoms with Gasteiger partial charge in [0.1, 0.15) is 4.88 Å². The van der Waals surface area contributed by atoms with Crippen molar-refractivity contribution in [1.29, 1.82) is 0 Å². The molecule has 2 aromatic rings. The number of benzene rings is 1. The van der Waals surface area contributed by atoms with Crippen LogP contribution in [0.4, 0.5) is 5.69 Å². The van der Waals surface area contributed by atoms with Gasteiger partial charge in [0.05, 0.1) is 15.6 Å². The molecule has 1 aromatic heterocycles. The number of primary sulfonamides is 1. The largest absolute Gasteiger partial charge is 0.320 e. The number of aryl methyl sites for hydroxylation is 1. The molecule has 1 aromatic carbocycles. The van der Waals surface area contributed by atoms with Gasteiger partial charge in [-0.3, -0.25) is 4.79 Å². The van der Waals surface area contributed by atoms with Gasteiger partial charge < -0.3 is 5.32 Å². The Morgan fingerprint density at radius 1 is 1.43 bits per heavy atom. The number of carbonyl (C=O) groups excluding carboxylic acids is 1. The Balaban J connectivity index is 2.28. The van der Waals surface area contributed by atoms with E-state index < -0.39 is 10.0 Å². The van der Waals surface area contributed by atoms with Gasteiger partial charge in [0.25, 0.3) is 5.91 Å². The Morgan fingerprint density at radius 2 is 2.10 bits per heavy atom. The maximum Gasteiger partial charge on any atom is 0.267 e. The molecule has 2 rings (SSSR count). The number of thiophene rings is 1. The molecule has 0 fully saturated rings. The third-order valence-corrected chi connectivity index (χ3v) is 5.89. The van der Waals surface area contributed by atoms with E-state index in [2.05, 4.69) is 21.2 Å². The Labute approximate surface area is 139 Å². The van der Waals surface area contributed by atoms with Crippen LogP contribution in [0.5, 0.6) is 0 Å². The predicted octanol–water partition coefficient (Wildman–Crippen LogP) is 3.37. The SMILES string of the molecule is Cc1csc(C(=O)Nc2ccc(S(N)(=O)=O)cc2Br)c1Cl. The molecular weight excluding hydrogens is 400 g/mol. The van der Waals surface area contributed by atoms with Crippen molar-refractivity contribution in [3.05, 3.63) is 43.5 Å². The van der Waals surface area contributed by atoms with Crippen molar-refractivity contribution >= 4 is 60.5 Å². The van der Waals surface area contributed by atoms with Gasteiger partial charge in [0.2, 0.25) is 10.0 Å². The number of rotatable bonds is 3. The molecule has 1 amide bonds. The van der Waals surface area contributed by atoms with Crippen molar-refractivity contribution in [3.8, 4) is 0 Å². The Kier molecular flexibility index (Phi) is 4.74. The van der Waals surface area contributed by atoms with E-state index in [9.17, 15) is 13.2 Å². The molecule has 0 radical (unpaired) electrons. The summed E-state index contributed by atoms with van der Waals surface area (Å²) in [7, 11) is -3.79. The quantitative estimate of drug-likeness (QED) is 0.814. The maximum atomic E-state index is 12.1. The minimum atomic E-state index is -3.79. The lowest BCUT2D eigenvalue weighted by Gasteiger charge is -2.08. The number of halogens is 2. The molecule has 9 heteroatoms. The predicted molar refractivity (Wildman–Crippen MR) is 87.5 cm³/mol. The van der Waals surface area contributed by atoms with Crippen molar-refractivity contribution in [2.24, 2.45) is 5.14 Å². The number of nitrogens with one attached hydrogen (secondary N) is 1. The lowest BCUT2D eigenvalue weighted by Crippen LogP contribution is -2.14. The molecule has 1 heterocycles. The number of sulfonamides is 1. The zero-order valence-electron chi connectivity index (χ0n) is 10.7. The normalized spacial score (nSPS) is 11.4. The highest BCUT2D eigenvalue weighted by molar-refractivity contribution is 9.10. The van der Waals surface area contributed by atoms with Gasteiger partial charge >= 0.3 is 0 Å². The Morgan fingerprint density at radius 3 is 2.57 bits per heavy atom. The fourth-order valence-corrected chi connectivity index (χ4v) is 3.88. The van der Waals surface area contributed by atoms with Crippen molar-refractivity contribution in [1.82, 2.24) is 0 Å². The summed E-state index contributed by atoms with van der Waals surface area (Å²) in [6.45, 7) is 1.81. The van der Waals surface area contributed by atoms with Crippen LogP contribution in [0.15, 0.2) is 32.9 Å². The van der Waals surface area contributed by atoms with Crippen molar-refractivity contribution in [3.63, 3.8) is 0 Å². The van der Waals surface area contributed by atoms with Crippen LogP contribution in [-0.2, 0) is 10.0 Å². The first kappa shape index (κ1) is 16.4. The fraction of sp³-hybridized carbons (Fsp3) is 0.0833. The third kappa shape index (κ3) is 3.64. The van der Waals surface area contributed by atoms with Crippen LogP contribution in [-0.4, -0.2) is 14.3 Å². The molecule has 5 nitrogen and oxygen atoms in total. The van der Waals surface area contributed by atoms with Gasteiger partial charge in [0.15, 0.2) is 0 Å². The van der Waals surface area contributed by atoms with Crippen molar-refractivity contribution < 1.29 is 13.2 Å². The van der Waals surface area contributed by atoms with Gasteiger partial charge in [-0.2, -0.15) is 0 Å². The molecule has 0 bridgehead atoms. The molecule has 0 aliphatic rings. The van der Waals surface area contributed by atoms with E-state index in [0.717, 1.165) is 5.56 Å². The number of nitrogens with two attached hydrogens (primary N) is 1. The number of anilines is 1. The van der Waals surface area contributed by atoms with Gasteiger partial charge in [-0.1, -0.05) is 11.6 Å². The van der Waals surface area contributed by atoms with E-state index in [1.165, 1.54) is 29.5 Å². The van der Waals surface area contributed by atoms with Crippen LogP contribution in [0, 0.1) is 6.92 Å². The zero-order valence-corrected chi connectivity index (χ0v) is 14.7. The van der Waals surface area contributed by atoms with E-state index in [0.29, 0.717) is 20.1 Å². The second kappa shape index (κ2) is 6.05. The third-order valence-electron chi connectivity index (χ3n) is 2.62. The number of amides is 1.